The number of benzene rings is 1. The number of aromatic nitrogens is 1. The molecule has 7 nitrogen and oxygen atoms in total. The fraction of sp³-hybridized carbons (Fsp3) is 0.444. The standard InChI is InChI=1S/C27H26F8N4O3/c28-22(29)15-2-7-21(37-13-15)19-10-25(27(33,34)35,39-24(41)20(19)14-38-23(40)16-11-36-12-16)17-3-5-18(6-4-17)42-9-1-8-26(30,31)32/h2-7,13,16,22,36H,1,8-12,14H2,(H,38,40)(H,39,41)/t25-/m0/s1. The van der Waals surface area contributed by atoms with Gasteiger partial charge in [0.1, 0.15) is 5.75 Å². The fourth-order valence-corrected chi connectivity index (χ4v) is 4.57. The summed E-state index contributed by atoms with van der Waals surface area (Å²) in [6.07, 6.45) is -13.8. The van der Waals surface area contributed by atoms with E-state index in [-0.39, 0.29) is 41.5 Å². The van der Waals surface area contributed by atoms with E-state index in [1.54, 1.807) is 0 Å². The van der Waals surface area contributed by atoms with Crippen molar-refractivity contribution in [3.8, 4) is 5.75 Å². The van der Waals surface area contributed by atoms with Crippen molar-refractivity contribution in [2.24, 2.45) is 5.92 Å². The largest absolute Gasteiger partial charge is 0.494 e. The molecule has 4 rings (SSSR count). The van der Waals surface area contributed by atoms with Crippen LogP contribution in [-0.2, 0) is 15.1 Å². The van der Waals surface area contributed by atoms with E-state index in [0.29, 0.717) is 13.1 Å². The topological polar surface area (TPSA) is 92.3 Å². The van der Waals surface area contributed by atoms with Crippen molar-refractivity contribution in [3.63, 3.8) is 0 Å². The lowest BCUT2D eigenvalue weighted by Crippen LogP contribution is -2.59. The summed E-state index contributed by atoms with van der Waals surface area (Å²) in [7, 11) is 0. The average molecular weight is 607 g/mol. The summed E-state index contributed by atoms with van der Waals surface area (Å²) in [6, 6.07) is 6.44. The first-order valence-corrected chi connectivity index (χ1v) is 12.8. The van der Waals surface area contributed by atoms with Gasteiger partial charge in [0.15, 0.2) is 5.54 Å². The molecule has 3 heterocycles. The molecule has 15 heteroatoms. The van der Waals surface area contributed by atoms with Crippen LogP contribution in [0, 0.1) is 5.92 Å². The molecule has 2 amide bonds. The third-order valence-electron chi connectivity index (χ3n) is 7.05. The van der Waals surface area contributed by atoms with Gasteiger partial charge in [-0.3, -0.25) is 14.6 Å². The summed E-state index contributed by atoms with van der Waals surface area (Å²) < 4.78 is 113. The lowest BCUT2D eigenvalue weighted by molar-refractivity contribution is -0.201. The van der Waals surface area contributed by atoms with Crippen molar-refractivity contribution in [1.82, 2.24) is 20.9 Å². The van der Waals surface area contributed by atoms with Gasteiger partial charge >= 0.3 is 12.4 Å². The fourth-order valence-electron chi connectivity index (χ4n) is 4.57. The van der Waals surface area contributed by atoms with Gasteiger partial charge in [0.25, 0.3) is 6.43 Å². The van der Waals surface area contributed by atoms with Gasteiger partial charge in [-0.05, 0) is 41.8 Å². The van der Waals surface area contributed by atoms with E-state index in [1.165, 1.54) is 0 Å². The van der Waals surface area contributed by atoms with Crippen molar-refractivity contribution >= 4 is 17.4 Å². The molecular formula is C27H26F8N4O3. The number of ether oxygens (including phenoxy) is 1. The molecule has 1 aromatic carbocycles. The van der Waals surface area contributed by atoms with Crippen LogP contribution in [0.2, 0.25) is 0 Å². The number of halogens is 8. The summed E-state index contributed by atoms with van der Waals surface area (Å²) >= 11 is 0. The quantitative estimate of drug-likeness (QED) is 0.267. The van der Waals surface area contributed by atoms with Crippen molar-refractivity contribution < 1.29 is 49.4 Å². The zero-order valence-electron chi connectivity index (χ0n) is 21.8. The Morgan fingerprint density at radius 2 is 1.76 bits per heavy atom. The number of carbonyl (C=O) groups is 2. The smallest absolute Gasteiger partial charge is 0.416 e. The minimum Gasteiger partial charge on any atom is -0.494 e. The van der Waals surface area contributed by atoms with E-state index >= 15 is 0 Å². The summed E-state index contributed by atoms with van der Waals surface area (Å²) in [5.74, 6) is -1.90. The van der Waals surface area contributed by atoms with Gasteiger partial charge in [0.2, 0.25) is 11.8 Å². The first kappa shape index (κ1) is 31.2. The number of nitrogens with one attached hydrogen (secondary N) is 3. The van der Waals surface area contributed by atoms with Crippen LogP contribution >= 0.6 is 0 Å². The second-order valence-electron chi connectivity index (χ2n) is 9.93. The Bertz CT molecular complexity index is 1310. The summed E-state index contributed by atoms with van der Waals surface area (Å²) in [5, 5.41) is 7.49. The Kier molecular flexibility index (Phi) is 9.09. The zero-order chi connectivity index (χ0) is 30.7. The SMILES string of the molecule is O=C1N[C@@](c2ccc(OCCCC(F)(F)F)cc2)(C(F)(F)F)CC(c2ccc(C(F)F)cn2)=C1CNC(=O)C1CNC1. The molecule has 0 bridgehead atoms. The van der Waals surface area contributed by atoms with Crippen LogP contribution < -0.4 is 20.7 Å². The Morgan fingerprint density at radius 3 is 2.29 bits per heavy atom. The Balaban J connectivity index is 1.66. The molecule has 1 aromatic heterocycles. The minimum atomic E-state index is -5.07. The highest BCUT2D eigenvalue weighted by atomic mass is 19.4. The third-order valence-corrected chi connectivity index (χ3v) is 7.05. The highest BCUT2D eigenvalue weighted by Gasteiger charge is 2.59. The van der Waals surface area contributed by atoms with E-state index < -0.39 is 66.6 Å². The van der Waals surface area contributed by atoms with E-state index in [0.717, 1.165) is 42.6 Å². The zero-order valence-corrected chi connectivity index (χ0v) is 21.8. The molecule has 0 unspecified atom stereocenters. The molecule has 1 atom stereocenters. The molecule has 2 aliphatic rings. The maximum atomic E-state index is 14.8. The second kappa shape index (κ2) is 12.2. The van der Waals surface area contributed by atoms with Gasteiger partial charge in [-0.1, -0.05) is 12.1 Å². The van der Waals surface area contributed by atoms with E-state index in [1.807, 2.05) is 5.32 Å². The number of hydrogen-bond acceptors (Lipinski definition) is 5. The summed E-state index contributed by atoms with van der Waals surface area (Å²) in [4.78, 5) is 29.6. The highest BCUT2D eigenvalue weighted by Crippen LogP contribution is 2.48. The Labute approximate surface area is 234 Å². The number of rotatable bonds is 10. The molecule has 0 spiro atoms. The molecular weight excluding hydrogens is 580 g/mol. The molecule has 228 valence electrons. The van der Waals surface area contributed by atoms with Crippen LogP contribution in [0.5, 0.6) is 5.75 Å². The molecule has 2 aromatic rings. The van der Waals surface area contributed by atoms with Crippen molar-refractivity contribution in [2.75, 3.05) is 26.2 Å². The number of carbonyl (C=O) groups excluding carboxylic acids is 2. The lowest BCUT2D eigenvalue weighted by atomic mass is 9.77. The van der Waals surface area contributed by atoms with E-state index in [2.05, 4.69) is 15.6 Å². The average Bonchev–Trinajstić information content (AvgIpc) is 2.88. The van der Waals surface area contributed by atoms with Gasteiger partial charge in [0.05, 0.1) is 18.2 Å². The van der Waals surface area contributed by atoms with Gasteiger partial charge in [0, 0.05) is 49.8 Å². The monoisotopic (exact) mass is 606 g/mol. The maximum Gasteiger partial charge on any atom is 0.416 e. The molecule has 2 aliphatic heterocycles. The normalized spacial score (nSPS) is 19.9. The van der Waals surface area contributed by atoms with E-state index in [9.17, 15) is 44.7 Å². The molecule has 1 fully saturated rings. The van der Waals surface area contributed by atoms with Gasteiger partial charge < -0.3 is 20.7 Å². The first-order valence-electron chi connectivity index (χ1n) is 12.8. The molecule has 0 radical (unpaired) electrons. The molecule has 0 saturated carbocycles. The van der Waals surface area contributed by atoms with Crippen LogP contribution in [0.15, 0.2) is 48.2 Å². The highest BCUT2D eigenvalue weighted by molar-refractivity contribution is 6.04. The summed E-state index contributed by atoms with van der Waals surface area (Å²) in [5.41, 5.74) is -4.42. The molecule has 1 saturated heterocycles. The number of nitrogens with zero attached hydrogens (tertiary/aromatic N) is 1. The lowest BCUT2D eigenvalue weighted by Gasteiger charge is -2.41. The number of hydrogen-bond donors (Lipinski definition) is 3. The number of amides is 2. The van der Waals surface area contributed by atoms with Crippen molar-refractivity contribution in [2.45, 2.75) is 43.6 Å². The van der Waals surface area contributed by atoms with Gasteiger partial charge in [-0.15, -0.1) is 0 Å². The van der Waals surface area contributed by atoms with E-state index in [4.69, 9.17) is 4.74 Å². The molecule has 3 N–H and O–H groups in total. The van der Waals surface area contributed by atoms with Gasteiger partial charge in [-0.2, -0.15) is 26.3 Å². The predicted octanol–water partition coefficient (Wildman–Crippen LogP) is 4.81. The van der Waals surface area contributed by atoms with Crippen LogP contribution in [0.3, 0.4) is 0 Å². The minimum absolute atomic E-state index is 0.0225. The number of pyridine rings is 1. The molecule has 42 heavy (non-hydrogen) atoms. The van der Waals surface area contributed by atoms with Gasteiger partial charge in [-0.25, -0.2) is 8.78 Å². The van der Waals surface area contributed by atoms with Crippen molar-refractivity contribution in [1.29, 1.82) is 0 Å². The van der Waals surface area contributed by atoms with Crippen LogP contribution in [-0.4, -0.2) is 55.4 Å². The van der Waals surface area contributed by atoms with Crippen LogP contribution in [0.25, 0.3) is 5.57 Å². The third kappa shape index (κ3) is 6.99. The van der Waals surface area contributed by atoms with Crippen molar-refractivity contribution in [3.05, 3.63) is 65.0 Å². The maximum absolute atomic E-state index is 14.8. The Hall–Kier alpha value is -3.75. The number of alkyl halides is 8. The second-order valence-corrected chi connectivity index (χ2v) is 9.93. The van der Waals surface area contributed by atoms with Crippen LogP contribution in [0.4, 0.5) is 35.1 Å². The molecule has 0 aliphatic carbocycles. The Morgan fingerprint density at radius 1 is 1.07 bits per heavy atom. The van der Waals surface area contributed by atoms with Crippen LogP contribution in [0.1, 0.15) is 42.5 Å². The summed E-state index contributed by atoms with van der Waals surface area (Å²) in [6.45, 7) is 0.0617. The first-order chi connectivity index (χ1) is 19.7. The predicted molar refractivity (Wildman–Crippen MR) is 133 cm³/mol.